The third-order valence-electron chi connectivity index (χ3n) is 2.69. The second-order valence-electron chi connectivity index (χ2n) is 3.90. The Morgan fingerprint density at radius 2 is 2.11 bits per heavy atom. The van der Waals surface area contributed by atoms with E-state index < -0.39 is 18.1 Å². The van der Waals surface area contributed by atoms with Crippen LogP contribution in [0.15, 0.2) is 11.0 Å². The fraction of sp³-hybridized carbons (Fsp3) is 0.455. The van der Waals surface area contributed by atoms with Gasteiger partial charge in [-0.3, -0.25) is 14.3 Å². The Hall–Kier alpha value is -2.18. The number of rotatable bonds is 4. The predicted molar refractivity (Wildman–Crippen MR) is 64.5 cm³/mol. The number of hydrogen-bond acceptors (Lipinski definition) is 4. The van der Waals surface area contributed by atoms with Gasteiger partial charge in [0.15, 0.2) is 0 Å². The quantitative estimate of drug-likeness (QED) is 0.840. The molecule has 0 aliphatic heterocycles. The SMILES string of the molecule is CCc1nn(CC(=O)O)c(=O)c2cn(CC)nc12. The Balaban J connectivity index is 2.72. The molecule has 0 unspecified atom stereocenters. The topological polar surface area (TPSA) is 90.0 Å². The lowest BCUT2D eigenvalue weighted by Crippen LogP contribution is -2.27. The lowest BCUT2D eigenvalue weighted by atomic mass is 10.2. The zero-order chi connectivity index (χ0) is 13.3. The maximum absolute atomic E-state index is 12.0. The number of fused-ring (bicyclic) bond motifs is 1. The van der Waals surface area contributed by atoms with Crippen LogP contribution >= 0.6 is 0 Å². The first-order valence-corrected chi connectivity index (χ1v) is 5.75. The molecule has 0 saturated heterocycles. The summed E-state index contributed by atoms with van der Waals surface area (Å²) in [5.74, 6) is -1.09. The molecule has 0 amide bonds. The molecule has 18 heavy (non-hydrogen) atoms. The van der Waals surface area contributed by atoms with Crippen molar-refractivity contribution in [3.05, 3.63) is 22.2 Å². The highest BCUT2D eigenvalue weighted by atomic mass is 16.4. The standard InChI is InChI=1S/C11H14N4O3/c1-3-8-10-7(5-14(4-2)13-10)11(18)15(12-8)6-9(16)17/h5H,3-4,6H2,1-2H3,(H,16,17). The van der Waals surface area contributed by atoms with Crippen LogP contribution in [0, 0.1) is 0 Å². The van der Waals surface area contributed by atoms with E-state index in [2.05, 4.69) is 10.2 Å². The van der Waals surface area contributed by atoms with Crippen LogP contribution in [0.25, 0.3) is 10.9 Å². The van der Waals surface area contributed by atoms with Crippen molar-refractivity contribution in [3.63, 3.8) is 0 Å². The largest absolute Gasteiger partial charge is 0.480 e. The number of aromatic nitrogens is 4. The maximum Gasteiger partial charge on any atom is 0.325 e. The van der Waals surface area contributed by atoms with Crippen LogP contribution in [-0.2, 0) is 24.3 Å². The molecular weight excluding hydrogens is 236 g/mol. The van der Waals surface area contributed by atoms with Crippen molar-refractivity contribution < 1.29 is 9.90 Å². The number of carbonyl (C=O) groups is 1. The van der Waals surface area contributed by atoms with Crippen LogP contribution in [-0.4, -0.2) is 30.6 Å². The summed E-state index contributed by atoms with van der Waals surface area (Å²) < 4.78 is 2.63. The third kappa shape index (κ3) is 1.99. The van der Waals surface area contributed by atoms with Gasteiger partial charge >= 0.3 is 5.97 Å². The molecule has 2 rings (SSSR count). The fourth-order valence-electron chi connectivity index (χ4n) is 1.80. The van der Waals surface area contributed by atoms with E-state index in [-0.39, 0.29) is 0 Å². The average Bonchev–Trinajstić information content (AvgIpc) is 2.76. The van der Waals surface area contributed by atoms with Gasteiger partial charge < -0.3 is 5.11 Å². The van der Waals surface area contributed by atoms with Gasteiger partial charge in [-0.25, -0.2) is 4.68 Å². The summed E-state index contributed by atoms with van der Waals surface area (Å²) in [6.07, 6.45) is 2.23. The number of aryl methyl sites for hydroxylation is 2. The van der Waals surface area contributed by atoms with E-state index >= 15 is 0 Å². The first-order valence-electron chi connectivity index (χ1n) is 5.75. The molecule has 7 nitrogen and oxygen atoms in total. The van der Waals surface area contributed by atoms with E-state index in [9.17, 15) is 9.59 Å². The van der Waals surface area contributed by atoms with Crippen LogP contribution in [0.1, 0.15) is 19.5 Å². The molecular formula is C11H14N4O3. The van der Waals surface area contributed by atoms with Crippen LogP contribution in [0.3, 0.4) is 0 Å². The van der Waals surface area contributed by atoms with E-state index in [1.54, 1.807) is 10.9 Å². The highest BCUT2D eigenvalue weighted by Crippen LogP contribution is 2.11. The second-order valence-corrected chi connectivity index (χ2v) is 3.90. The Kier molecular flexibility index (Phi) is 3.14. The molecule has 2 heterocycles. The molecule has 2 aromatic rings. The normalized spacial score (nSPS) is 11.0. The highest BCUT2D eigenvalue weighted by molar-refractivity contribution is 5.79. The Morgan fingerprint density at radius 1 is 1.39 bits per heavy atom. The number of nitrogens with zero attached hydrogens (tertiary/aromatic N) is 4. The van der Waals surface area contributed by atoms with Gasteiger partial charge in [-0.15, -0.1) is 0 Å². The van der Waals surface area contributed by atoms with Crippen LogP contribution in [0.4, 0.5) is 0 Å². The number of hydrogen-bond donors (Lipinski definition) is 1. The molecule has 96 valence electrons. The van der Waals surface area contributed by atoms with Gasteiger partial charge in [0.25, 0.3) is 5.56 Å². The number of aliphatic carboxylic acids is 1. The molecule has 0 atom stereocenters. The van der Waals surface area contributed by atoms with Gasteiger partial charge in [0, 0.05) is 12.7 Å². The highest BCUT2D eigenvalue weighted by Gasteiger charge is 2.14. The molecule has 0 spiro atoms. The minimum Gasteiger partial charge on any atom is -0.480 e. The Bertz CT molecular complexity index is 656. The van der Waals surface area contributed by atoms with Crippen molar-refractivity contribution in [2.75, 3.05) is 0 Å². The van der Waals surface area contributed by atoms with Gasteiger partial charge in [0.1, 0.15) is 12.1 Å². The van der Waals surface area contributed by atoms with E-state index in [4.69, 9.17) is 5.11 Å². The third-order valence-corrected chi connectivity index (χ3v) is 2.69. The first kappa shape index (κ1) is 12.3. The molecule has 1 N–H and O–H groups in total. The summed E-state index contributed by atoms with van der Waals surface area (Å²) in [4.78, 5) is 22.7. The van der Waals surface area contributed by atoms with E-state index in [1.807, 2.05) is 13.8 Å². The van der Waals surface area contributed by atoms with Crippen molar-refractivity contribution in [1.82, 2.24) is 19.6 Å². The minimum atomic E-state index is -1.09. The van der Waals surface area contributed by atoms with Crippen molar-refractivity contribution in [2.24, 2.45) is 0 Å². The molecule has 7 heteroatoms. The second kappa shape index (κ2) is 4.59. The van der Waals surface area contributed by atoms with Gasteiger partial charge in [-0.05, 0) is 13.3 Å². The average molecular weight is 250 g/mol. The molecule has 0 fully saturated rings. The van der Waals surface area contributed by atoms with Crippen molar-refractivity contribution in [3.8, 4) is 0 Å². The minimum absolute atomic E-state index is 0.413. The summed E-state index contributed by atoms with van der Waals surface area (Å²) in [7, 11) is 0. The van der Waals surface area contributed by atoms with E-state index in [1.165, 1.54) is 0 Å². The van der Waals surface area contributed by atoms with Crippen LogP contribution in [0.2, 0.25) is 0 Å². The van der Waals surface area contributed by atoms with Gasteiger partial charge in [0.05, 0.1) is 11.1 Å². The molecule has 0 saturated carbocycles. The summed E-state index contributed by atoms with van der Waals surface area (Å²) in [5.41, 5.74) is 0.785. The van der Waals surface area contributed by atoms with Crippen molar-refractivity contribution in [2.45, 2.75) is 33.4 Å². The molecule has 0 aliphatic rings. The van der Waals surface area contributed by atoms with Crippen molar-refractivity contribution in [1.29, 1.82) is 0 Å². The summed E-state index contributed by atoms with van der Waals surface area (Å²) >= 11 is 0. The monoisotopic (exact) mass is 250 g/mol. The van der Waals surface area contributed by atoms with Crippen LogP contribution < -0.4 is 5.56 Å². The zero-order valence-electron chi connectivity index (χ0n) is 10.3. The van der Waals surface area contributed by atoms with E-state index in [0.29, 0.717) is 29.6 Å². The fourth-order valence-corrected chi connectivity index (χ4v) is 1.80. The zero-order valence-corrected chi connectivity index (χ0v) is 10.3. The lowest BCUT2D eigenvalue weighted by Gasteiger charge is -2.03. The number of carboxylic acid groups (broad SMARTS) is 1. The summed E-state index contributed by atoms with van der Waals surface area (Å²) in [6, 6.07) is 0. The smallest absolute Gasteiger partial charge is 0.325 e. The lowest BCUT2D eigenvalue weighted by molar-refractivity contribution is -0.138. The van der Waals surface area contributed by atoms with Crippen LogP contribution in [0.5, 0.6) is 0 Å². The number of carboxylic acids is 1. The van der Waals surface area contributed by atoms with Gasteiger partial charge in [0.2, 0.25) is 0 Å². The molecule has 2 aromatic heterocycles. The van der Waals surface area contributed by atoms with Crippen molar-refractivity contribution >= 4 is 16.9 Å². The summed E-state index contributed by atoms with van der Waals surface area (Å²) in [5, 5.41) is 17.5. The first-order chi connectivity index (χ1) is 8.56. The Labute approximate surface area is 103 Å². The molecule has 0 radical (unpaired) electrons. The molecule has 0 aromatic carbocycles. The molecule has 0 bridgehead atoms. The Morgan fingerprint density at radius 3 is 2.67 bits per heavy atom. The van der Waals surface area contributed by atoms with Gasteiger partial charge in [-0.2, -0.15) is 10.2 Å². The maximum atomic E-state index is 12.0. The van der Waals surface area contributed by atoms with E-state index in [0.717, 1.165) is 4.68 Å². The van der Waals surface area contributed by atoms with Gasteiger partial charge in [-0.1, -0.05) is 6.92 Å². The predicted octanol–water partition coefficient (Wildman–Crippen LogP) is 0.260. The molecule has 0 aliphatic carbocycles. The summed E-state index contributed by atoms with van der Waals surface area (Å²) in [6.45, 7) is 4.03.